The Morgan fingerprint density at radius 2 is 1.62 bits per heavy atom. The second kappa shape index (κ2) is 9.35. The van der Waals surface area contributed by atoms with Crippen molar-refractivity contribution in [2.75, 3.05) is 13.1 Å². The van der Waals surface area contributed by atoms with Crippen molar-refractivity contribution in [3.8, 4) is 0 Å². The number of hydrogen-bond donors (Lipinski definition) is 3. The molecule has 1 atom stereocenters. The smallest absolute Gasteiger partial charge is 0.314 e. The first-order valence-corrected chi connectivity index (χ1v) is 10.1. The number of carbonyl (C=O) groups excluding carboxylic acids is 1. The second-order valence-corrected chi connectivity index (χ2v) is 7.78. The highest BCUT2D eigenvalue weighted by Crippen LogP contribution is 2.17. The monoisotopic (exact) mass is 375 g/mol. The lowest BCUT2D eigenvalue weighted by atomic mass is 9.98. The summed E-state index contributed by atoms with van der Waals surface area (Å²) < 4.78 is 22.4. The SMILES string of the molecule is C[C@@H](CCNC(=O)NCCc1ccc(S(N)(=O)=O)cc1)c1ccccc1. The van der Waals surface area contributed by atoms with Gasteiger partial charge >= 0.3 is 6.03 Å². The number of rotatable bonds is 8. The topological polar surface area (TPSA) is 101 Å². The summed E-state index contributed by atoms with van der Waals surface area (Å²) in [5.74, 6) is 0.383. The van der Waals surface area contributed by atoms with Gasteiger partial charge in [-0.1, -0.05) is 49.4 Å². The lowest BCUT2D eigenvalue weighted by molar-refractivity contribution is 0.240. The molecule has 0 saturated heterocycles. The first kappa shape index (κ1) is 19.9. The van der Waals surface area contributed by atoms with Gasteiger partial charge in [0.25, 0.3) is 0 Å². The van der Waals surface area contributed by atoms with Crippen LogP contribution in [0.5, 0.6) is 0 Å². The average Bonchev–Trinajstić information content (AvgIpc) is 2.62. The Bertz CT molecular complexity index is 806. The molecule has 0 aromatic heterocycles. The number of primary sulfonamides is 1. The molecule has 0 aliphatic heterocycles. The normalized spacial score (nSPS) is 12.4. The van der Waals surface area contributed by atoms with Crippen molar-refractivity contribution in [2.45, 2.75) is 30.6 Å². The molecule has 7 heteroatoms. The highest BCUT2D eigenvalue weighted by Gasteiger charge is 2.08. The summed E-state index contributed by atoms with van der Waals surface area (Å²) in [6, 6.07) is 16.3. The standard InChI is InChI=1S/C19H25N3O3S/c1-15(17-5-3-2-4-6-17)11-13-21-19(23)22-14-12-16-7-9-18(10-8-16)26(20,24)25/h2-10,15H,11-14H2,1H3,(H2,20,24,25)(H2,21,22,23)/t15-/m0/s1. The van der Waals surface area contributed by atoms with E-state index >= 15 is 0 Å². The van der Waals surface area contributed by atoms with Gasteiger partial charge in [-0.15, -0.1) is 0 Å². The molecule has 0 radical (unpaired) electrons. The van der Waals surface area contributed by atoms with Crippen LogP contribution in [0.15, 0.2) is 59.5 Å². The summed E-state index contributed by atoms with van der Waals surface area (Å²) in [6.07, 6.45) is 1.48. The molecule has 0 unspecified atom stereocenters. The third-order valence-corrected chi connectivity index (χ3v) is 5.11. The summed E-state index contributed by atoms with van der Waals surface area (Å²) >= 11 is 0. The Kier molecular flexibility index (Phi) is 7.17. The number of amides is 2. The van der Waals surface area contributed by atoms with E-state index in [2.05, 4.69) is 29.7 Å². The van der Waals surface area contributed by atoms with Gasteiger partial charge in [-0.05, 0) is 42.0 Å². The predicted molar refractivity (Wildman–Crippen MR) is 102 cm³/mol. The number of nitrogens with one attached hydrogen (secondary N) is 2. The van der Waals surface area contributed by atoms with Crippen molar-refractivity contribution >= 4 is 16.1 Å². The molecule has 0 aliphatic rings. The number of urea groups is 1. The minimum Gasteiger partial charge on any atom is -0.338 e. The van der Waals surface area contributed by atoms with Crippen LogP contribution < -0.4 is 15.8 Å². The van der Waals surface area contributed by atoms with Gasteiger partial charge in [0.05, 0.1) is 4.90 Å². The first-order chi connectivity index (χ1) is 12.4. The van der Waals surface area contributed by atoms with Crippen molar-refractivity contribution in [3.05, 3.63) is 65.7 Å². The quantitative estimate of drug-likeness (QED) is 0.660. The number of benzene rings is 2. The molecule has 26 heavy (non-hydrogen) atoms. The Hall–Kier alpha value is -2.38. The summed E-state index contributed by atoms with van der Waals surface area (Å²) in [7, 11) is -3.67. The van der Waals surface area contributed by atoms with Crippen LogP contribution in [0.2, 0.25) is 0 Å². The molecule has 0 saturated carbocycles. The van der Waals surface area contributed by atoms with E-state index in [9.17, 15) is 13.2 Å². The zero-order valence-electron chi connectivity index (χ0n) is 14.8. The molecule has 0 bridgehead atoms. The predicted octanol–water partition coefficient (Wildman–Crippen LogP) is 2.37. The van der Waals surface area contributed by atoms with Crippen LogP contribution in [-0.2, 0) is 16.4 Å². The molecule has 4 N–H and O–H groups in total. The van der Waals surface area contributed by atoms with E-state index < -0.39 is 10.0 Å². The van der Waals surface area contributed by atoms with E-state index in [4.69, 9.17) is 5.14 Å². The third kappa shape index (κ3) is 6.50. The van der Waals surface area contributed by atoms with Crippen molar-refractivity contribution < 1.29 is 13.2 Å². The van der Waals surface area contributed by atoms with Crippen LogP contribution >= 0.6 is 0 Å². The Balaban J connectivity index is 1.66. The van der Waals surface area contributed by atoms with E-state index in [0.29, 0.717) is 25.4 Å². The molecule has 2 aromatic rings. The maximum atomic E-state index is 11.8. The molecule has 0 aliphatic carbocycles. The fraction of sp³-hybridized carbons (Fsp3) is 0.316. The maximum Gasteiger partial charge on any atom is 0.314 e. The summed E-state index contributed by atoms with van der Waals surface area (Å²) in [5.41, 5.74) is 2.19. The van der Waals surface area contributed by atoms with Crippen LogP contribution in [-0.4, -0.2) is 27.5 Å². The minimum atomic E-state index is -3.67. The Labute approximate surface area is 154 Å². The van der Waals surface area contributed by atoms with Crippen LogP contribution in [0.25, 0.3) is 0 Å². The van der Waals surface area contributed by atoms with Crippen molar-refractivity contribution in [1.82, 2.24) is 10.6 Å². The van der Waals surface area contributed by atoms with Crippen LogP contribution in [0.4, 0.5) is 4.79 Å². The Morgan fingerprint density at radius 3 is 2.23 bits per heavy atom. The molecule has 0 heterocycles. The van der Waals surface area contributed by atoms with E-state index in [1.54, 1.807) is 12.1 Å². The van der Waals surface area contributed by atoms with Crippen LogP contribution in [0.3, 0.4) is 0 Å². The molecule has 2 rings (SSSR count). The zero-order valence-corrected chi connectivity index (χ0v) is 15.6. The number of hydrogen-bond acceptors (Lipinski definition) is 3. The highest BCUT2D eigenvalue weighted by molar-refractivity contribution is 7.89. The van der Waals surface area contributed by atoms with Crippen molar-refractivity contribution in [2.24, 2.45) is 5.14 Å². The second-order valence-electron chi connectivity index (χ2n) is 6.22. The highest BCUT2D eigenvalue weighted by atomic mass is 32.2. The van der Waals surface area contributed by atoms with Gasteiger partial charge in [0, 0.05) is 13.1 Å². The summed E-state index contributed by atoms with van der Waals surface area (Å²) in [5, 5.41) is 10.7. The molecular weight excluding hydrogens is 350 g/mol. The molecule has 0 fully saturated rings. The molecule has 0 spiro atoms. The average molecular weight is 375 g/mol. The van der Waals surface area contributed by atoms with Gasteiger partial charge < -0.3 is 10.6 Å². The zero-order chi connectivity index (χ0) is 19.0. The minimum absolute atomic E-state index is 0.0829. The summed E-state index contributed by atoms with van der Waals surface area (Å²) in [6.45, 7) is 3.21. The van der Waals surface area contributed by atoms with Crippen molar-refractivity contribution in [1.29, 1.82) is 0 Å². The van der Waals surface area contributed by atoms with Crippen LogP contribution in [0, 0.1) is 0 Å². The van der Waals surface area contributed by atoms with Crippen molar-refractivity contribution in [3.63, 3.8) is 0 Å². The van der Waals surface area contributed by atoms with Crippen LogP contribution in [0.1, 0.15) is 30.4 Å². The van der Waals surface area contributed by atoms with Gasteiger partial charge in [0.1, 0.15) is 0 Å². The largest absolute Gasteiger partial charge is 0.338 e. The fourth-order valence-electron chi connectivity index (χ4n) is 2.58. The fourth-order valence-corrected chi connectivity index (χ4v) is 3.09. The van der Waals surface area contributed by atoms with Gasteiger partial charge in [-0.2, -0.15) is 0 Å². The van der Waals surface area contributed by atoms with Gasteiger partial charge in [-0.25, -0.2) is 18.4 Å². The third-order valence-electron chi connectivity index (χ3n) is 4.18. The first-order valence-electron chi connectivity index (χ1n) is 8.54. The summed E-state index contributed by atoms with van der Waals surface area (Å²) in [4.78, 5) is 11.9. The lowest BCUT2D eigenvalue weighted by Gasteiger charge is -2.13. The molecule has 2 aromatic carbocycles. The van der Waals surface area contributed by atoms with E-state index in [1.165, 1.54) is 17.7 Å². The lowest BCUT2D eigenvalue weighted by Crippen LogP contribution is -2.37. The molecule has 2 amide bonds. The Morgan fingerprint density at radius 1 is 1.00 bits per heavy atom. The van der Waals surface area contributed by atoms with E-state index in [0.717, 1.165) is 12.0 Å². The van der Waals surface area contributed by atoms with Gasteiger partial charge in [0.15, 0.2) is 0 Å². The molecule has 140 valence electrons. The number of nitrogens with two attached hydrogens (primary N) is 1. The maximum absolute atomic E-state index is 11.8. The van der Waals surface area contributed by atoms with Gasteiger partial charge in [-0.3, -0.25) is 0 Å². The van der Waals surface area contributed by atoms with E-state index in [1.807, 2.05) is 18.2 Å². The molecular formula is C19H25N3O3S. The number of sulfonamides is 1. The van der Waals surface area contributed by atoms with Gasteiger partial charge in [0.2, 0.25) is 10.0 Å². The van der Waals surface area contributed by atoms with E-state index in [-0.39, 0.29) is 10.9 Å². The molecule has 6 nitrogen and oxygen atoms in total. The number of carbonyl (C=O) groups is 1.